The summed E-state index contributed by atoms with van der Waals surface area (Å²) in [5.41, 5.74) is 0. The second kappa shape index (κ2) is 5.71. The van der Waals surface area contributed by atoms with E-state index in [4.69, 9.17) is 14.9 Å². The van der Waals surface area contributed by atoms with E-state index in [1.54, 1.807) is 0 Å². The summed E-state index contributed by atoms with van der Waals surface area (Å²) in [4.78, 5) is 26.1. The molecule has 0 atom stereocenters. The molecule has 70 valence electrons. The monoisotopic (exact) mass is 232 g/mol. The van der Waals surface area contributed by atoms with Crippen molar-refractivity contribution in [1.29, 1.82) is 0 Å². The maximum atomic E-state index is 10.1. The first-order valence-corrected chi connectivity index (χ1v) is 4.18. The zero-order valence-electron chi connectivity index (χ0n) is 5.32. The molecule has 0 spiro atoms. The number of aliphatic carboxylic acids is 1. The molecule has 0 aromatic carbocycles. The Morgan fingerprint density at radius 2 is 1.91 bits per heavy atom. The smallest absolute Gasteiger partial charge is 0.480 e. The van der Waals surface area contributed by atoms with Crippen LogP contribution < -0.4 is 5.32 Å². The Morgan fingerprint density at radius 1 is 1.45 bits per heavy atom. The van der Waals surface area contributed by atoms with Crippen molar-refractivity contribution in [3.05, 3.63) is 0 Å². The molecule has 0 saturated heterocycles. The van der Waals surface area contributed by atoms with Crippen molar-refractivity contribution in [1.82, 2.24) is 5.32 Å². The van der Waals surface area contributed by atoms with Gasteiger partial charge in [-0.2, -0.15) is 0 Å². The van der Waals surface area contributed by atoms with E-state index in [0.717, 1.165) is 0 Å². The van der Waals surface area contributed by atoms with E-state index in [2.05, 4.69) is 5.32 Å². The molecule has 0 unspecified atom stereocenters. The minimum Gasteiger partial charge on any atom is -0.480 e. The van der Waals surface area contributed by atoms with Crippen molar-refractivity contribution >= 4 is 13.6 Å². The normalized spacial score (nSPS) is 10.4. The van der Waals surface area contributed by atoms with Gasteiger partial charge in [0.1, 0.15) is 0 Å². The molecule has 0 radical (unpaired) electrons. The summed E-state index contributed by atoms with van der Waals surface area (Å²) >= 11 is 0. The molecule has 0 aliphatic heterocycles. The average Bonchev–Trinajstić information content (AvgIpc) is 1.59. The van der Waals surface area contributed by atoms with Gasteiger partial charge in [0.2, 0.25) is 0 Å². The zero-order valence-corrected chi connectivity index (χ0v) is 7.16. The molecule has 0 saturated carbocycles. The summed E-state index contributed by atoms with van der Waals surface area (Å²) in [6.07, 6.45) is -0.598. The van der Waals surface area contributed by atoms with Crippen LogP contribution in [0, 0.1) is 0 Å². The van der Waals surface area contributed by atoms with Gasteiger partial charge in [-0.15, -0.1) is 0 Å². The Bertz CT molecular complexity index is 167. The number of carboxylic acids is 1. The van der Waals surface area contributed by atoms with E-state index >= 15 is 0 Å². The molecular formula is C3H8CuNO5P+. The van der Waals surface area contributed by atoms with Crippen LogP contribution in [-0.2, 0) is 26.4 Å². The predicted molar refractivity (Wildman–Crippen MR) is 32.5 cm³/mol. The number of carboxylic acid groups (broad SMARTS) is 1. The van der Waals surface area contributed by atoms with Crippen LogP contribution in [0.15, 0.2) is 0 Å². The second-order valence-corrected chi connectivity index (χ2v) is 3.29. The number of carbonyl (C=O) groups is 1. The molecular weight excluding hydrogens is 225 g/mol. The summed E-state index contributed by atoms with van der Waals surface area (Å²) in [6, 6.07) is 0. The molecule has 11 heavy (non-hydrogen) atoms. The largest absolute Gasteiger partial charge is 1.00 e. The van der Waals surface area contributed by atoms with Crippen LogP contribution >= 0.6 is 7.60 Å². The van der Waals surface area contributed by atoms with Gasteiger partial charge >= 0.3 is 30.6 Å². The van der Waals surface area contributed by atoms with E-state index < -0.39 is 26.4 Å². The summed E-state index contributed by atoms with van der Waals surface area (Å²) in [5.74, 6) is -1.14. The van der Waals surface area contributed by atoms with Gasteiger partial charge in [-0.3, -0.25) is 14.7 Å². The quantitative estimate of drug-likeness (QED) is 0.358. The van der Waals surface area contributed by atoms with Gasteiger partial charge in [0, 0.05) is 0 Å². The molecule has 0 aliphatic carbocycles. The molecule has 0 heterocycles. The fraction of sp³-hybridized carbons (Fsp3) is 0.667. The van der Waals surface area contributed by atoms with Gasteiger partial charge in [0.05, 0.1) is 12.8 Å². The maximum absolute atomic E-state index is 10.1. The van der Waals surface area contributed by atoms with Crippen LogP contribution in [0.2, 0.25) is 0 Å². The Hall–Kier alpha value is 0.0995. The number of nitrogens with one attached hydrogen (secondary N) is 1. The molecule has 0 rings (SSSR count). The van der Waals surface area contributed by atoms with Crippen molar-refractivity contribution < 1.29 is 41.3 Å². The first kappa shape index (κ1) is 13.7. The van der Waals surface area contributed by atoms with Crippen LogP contribution in [0.3, 0.4) is 0 Å². The molecule has 0 amide bonds. The predicted octanol–water partition coefficient (Wildman–Crippen LogP) is -1.21. The van der Waals surface area contributed by atoms with E-state index in [1.807, 2.05) is 0 Å². The Morgan fingerprint density at radius 3 is 2.18 bits per heavy atom. The van der Waals surface area contributed by atoms with E-state index in [9.17, 15) is 9.36 Å². The summed E-state index contributed by atoms with van der Waals surface area (Å²) in [6.45, 7) is -0.439. The van der Waals surface area contributed by atoms with Crippen LogP contribution in [0.1, 0.15) is 0 Å². The van der Waals surface area contributed by atoms with E-state index in [0.29, 0.717) is 0 Å². The Balaban J connectivity index is 0. The van der Waals surface area contributed by atoms with Gasteiger partial charge in [-0.05, 0) is 0 Å². The first-order valence-electron chi connectivity index (χ1n) is 2.39. The van der Waals surface area contributed by atoms with E-state index in [1.165, 1.54) is 0 Å². The first-order chi connectivity index (χ1) is 4.42. The van der Waals surface area contributed by atoms with Gasteiger partial charge in [-0.25, -0.2) is 0 Å². The second-order valence-electron chi connectivity index (χ2n) is 1.64. The van der Waals surface area contributed by atoms with Crippen molar-refractivity contribution in [2.75, 3.05) is 12.8 Å². The minimum atomic E-state index is -4.10. The molecule has 8 heteroatoms. The molecule has 6 nitrogen and oxygen atoms in total. The Kier molecular flexibility index (Phi) is 7.10. The SMILES string of the molecule is O=C(O)CNCP(=O)(O)O.[Cu+]. The number of rotatable bonds is 4. The standard InChI is InChI=1S/C3H8NO5P.Cu/c5-3(6)1-4-2-10(7,8)9;/h4H,1-2H2,(H,5,6)(H2,7,8,9);/q;+1. The van der Waals surface area contributed by atoms with Crippen LogP contribution in [0.25, 0.3) is 0 Å². The topological polar surface area (TPSA) is 107 Å². The van der Waals surface area contributed by atoms with Crippen LogP contribution in [0.5, 0.6) is 0 Å². The van der Waals surface area contributed by atoms with Gasteiger partial charge in [-0.1, -0.05) is 0 Å². The summed E-state index contributed by atoms with van der Waals surface area (Å²) in [7, 11) is -4.10. The van der Waals surface area contributed by atoms with Crippen molar-refractivity contribution in [3.63, 3.8) is 0 Å². The van der Waals surface area contributed by atoms with Crippen molar-refractivity contribution in [2.24, 2.45) is 0 Å². The molecule has 0 aromatic rings. The van der Waals surface area contributed by atoms with Gasteiger partial charge in [0.25, 0.3) is 0 Å². The molecule has 4 N–H and O–H groups in total. The van der Waals surface area contributed by atoms with Crippen LogP contribution in [0.4, 0.5) is 0 Å². The van der Waals surface area contributed by atoms with Crippen molar-refractivity contribution in [3.8, 4) is 0 Å². The van der Waals surface area contributed by atoms with Gasteiger partial charge in [0.15, 0.2) is 0 Å². The third kappa shape index (κ3) is 13.1. The van der Waals surface area contributed by atoms with Crippen molar-refractivity contribution in [2.45, 2.75) is 0 Å². The average molecular weight is 233 g/mol. The molecule has 0 bridgehead atoms. The maximum Gasteiger partial charge on any atom is 1.00 e. The molecule has 0 aliphatic rings. The van der Waals surface area contributed by atoms with Crippen LogP contribution in [-0.4, -0.2) is 33.7 Å². The fourth-order valence-electron chi connectivity index (χ4n) is 0.308. The van der Waals surface area contributed by atoms with Gasteiger partial charge < -0.3 is 14.9 Å². The Labute approximate surface area is 73.6 Å². The summed E-state index contributed by atoms with van der Waals surface area (Å²) in [5, 5.41) is 10.1. The molecule has 0 fully saturated rings. The minimum absolute atomic E-state index is 0. The number of hydrogen-bond donors (Lipinski definition) is 4. The third-order valence-electron chi connectivity index (χ3n) is 0.594. The van der Waals surface area contributed by atoms with E-state index in [-0.39, 0.29) is 17.1 Å². The summed E-state index contributed by atoms with van der Waals surface area (Å²) < 4.78 is 10.1. The zero-order chi connectivity index (χ0) is 8.20. The number of hydrogen-bond acceptors (Lipinski definition) is 3. The fourth-order valence-corrected chi connectivity index (χ4v) is 0.712. The molecule has 0 aromatic heterocycles. The third-order valence-corrected chi connectivity index (χ3v) is 1.23.